The molecular formula is C11H22N2O. The highest BCUT2D eigenvalue weighted by atomic mass is 16.5. The molecular weight excluding hydrogens is 176 g/mol. The summed E-state index contributed by atoms with van der Waals surface area (Å²) in [5.74, 6) is 1.36. The van der Waals surface area contributed by atoms with Crippen LogP contribution in [0, 0.1) is 11.3 Å². The Kier molecular flexibility index (Phi) is 4.94. The van der Waals surface area contributed by atoms with Gasteiger partial charge < -0.3 is 9.64 Å². The van der Waals surface area contributed by atoms with Crippen molar-refractivity contribution in [3.8, 4) is 0 Å². The van der Waals surface area contributed by atoms with E-state index < -0.39 is 0 Å². The Morgan fingerprint density at radius 3 is 2.64 bits per heavy atom. The van der Waals surface area contributed by atoms with E-state index in [-0.39, 0.29) is 0 Å². The van der Waals surface area contributed by atoms with Gasteiger partial charge in [-0.3, -0.25) is 5.41 Å². The quantitative estimate of drug-likeness (QED) is 0.417. The summed E-state index contributed by atoms with van der Waals surface area (Å²) in [5, 5.41) is 8.01. The third-order valence-corrected chi connectivity index (χ3v) is 3.00. The second-order valence-electron chi connectivity index (χ2n) is 4.13. The summed E-state index contributed by atoms with van der Waals surface area (Å²) in [7, 11) is 3.75. The Labute approximate surface area is 86.9 Å². The molecule has 0 radical (unpaired) electrons. The van der Waals surface area contributed by atoms with Crippen LogP contribution >= 0.6 is 0 Å². The first-order valence-corrected chi connectivity index (χ1v) is 5.54. The van der Waals surface area contributed by atoms with Crippen LogP contribution in [0.4, 0.5) is 0 Å². The van der Waals surface area contributed by atoms with Crippen molar-refractivity contribution in [2.75, 3.05) is 27.3 Å². The molecule has 0 saturated heterocycles. The first kappa shape index (κ1) is 11.5. The molecule has 0 aromatic rings. The Morgan fingerprint density at radius 1 is 1.43 bits per heavy atom. The van der Waals surface area contributed by atoms with Crippen molar-refractivity contribution < 1.29 is 4.74 Å². The number of nitrogens with zero attached hydrogens (tertiary/aromatic N) is 1. The molecule has 0 aromatic carbocycles. The highest BCUT2D eigenvalue weighted by Gasteiger charge is 2.21. The van der Waals surface area contributed by atoms with E-state index in [0.29, 0.717) is 5.92 Å². The van der Waals surface area contributed by atoms with E-state index in [1.807, 2.05) is 7.05 Å². The average Bonchev–Trinajstić information content (AvgIpc) is 2.69. The maximum Gasteiger partial charge on any atom is 0.0986 e. The molecule has 3 heteroatoms. The smallest absolute Gasteiger partial charge is 0.0986 e. The molecule has 0 atom stereocenters. The minimum absolute atomic E-state index is 0.530. The van der Waals surface area contributed by atoms with Gasteiger partial charge in [0.25, 0.3) is 0 Å². The molecule has 1 N–H and O–H groups in total. The molecule has 1 aliphatic rings. The zero-order valence-electron chi connectivity index (χ0n) is 9.38. The number of nitrogens with one attached hydrogen (secondary N) is 1. The number of amidine groups is 1. The fraction of sp³-hybridized carbons (Fsp3) is 0.909. The minimum Gasteiger partial charge on any atom is -0.385 e. The van der Waals surface area contributed by atoms with Crippen LogP contribution in [0.25, 0.3) is 0 Å². The topological polar surface area (TPSA) is 36.3 Å². The number of rotatable bonds is 5. The Balaban J connectivity index is 2.21. The SMILES string of the molecule is COCCCN(C)C(=N)C1CCCC1. The van der Waals surface area contributed by atoms with Gasteiger partial charge in [0.2, 0.25) is 0 Å². The van der Waals surface area contributed by atoms with E-state index >= 15 is 0 Å². The molecule has 14 heavy (non-hydrogen) atoms. The Morgan fingerprint density at radius 2 is 2.07 bits per heavy atom. The molecule has 0 aromatic heterocycles. The van der Waals surface area contributed by atoms with Crippen molar-refractivity contribution >= 4 is 5.84 Å². The van der Waals surface area contributed by atoms with Crippen LogP contribution in [0.1, 0.15) is 32.1 Å². The number of hydrogen-bond donors (Lipinski definition) is 1. The lowest BCUT2D eigenvalue weighted by atomic mass is 10.1. The van der Waals surface area contributed by atoms with Crippen LogP contribution in [0.15, 0.2) is 0 Å². The van der Waals surface area contributed by atoms with Crippen LogP contribution in [-0.2, 0) is 4.74 Å². The lowest BCUT2D eigenvalue weighted by molar-refractivity contribution is 0.188. The second kappa shape index (κ2) is 6.02. The summed E-state index contributed by atoms with van der Waals surface area (Å²) in [6.07, 6.45) is 6.06. The normalized spacial score (nSPS) is 17.3. The maximum absolute atomic E-state index is 8.01. The van der Waals surface area contributed by atoms with Gasteiger partial charge in [-0.1, -0.05) is 12.8 Å². The second-order valence-corrected chi connectivity index (χ2v) is 4.13. The molecule has 0 amide bonds. The minimum atomic E-state index is 0.530. The molecule has 1 saturated carbocycles. The Bertz CT molecular complexity index is 176. The van der Waals surface area contributed by atoms with Crippen molar-refractivity contribution in [1.29, 1.82) is 5.41 Å². The fourth-order valence-corrected chi connectivity index (χ4v) is 2.08. The van der Waals surface area contributed by atoms with Crippen LogP contribution < -0.4 is 0 Å². The highest BCUT2D eigenvalue weighted by Crippen LogP contribution is 2.26. The molecule has 82 valence electrons. The summed E-state index contributed by atoms with van der Waals surface area (Å²) < 4.78 is 5.00. The fourth-order valence-electron chi connectivity index (χ4n) is 2.08. The molecule has 1 rings (SSSR count). The van der Waals surface area contributed by atoms with Gasteiger partial charge in [-0.2, -0.15) is 0 Å². The van der Waals surface area contributed by atoms with E-state index in [9.17, 15) is 0 Å². The van der Waals surface area contributed by atoms with Crippen LogP contribution in [0.5, 0.6) is 0 Å². The maximum atomic E-state index is 8.01. The van der Waals surface area contributed by atoms with Gasteiger partial charge in [0.1, 0.15) is 0 Å². The van der Waals surface area contributed by atoms with Gasteiger partial charge in [0, 0.05) is 33.2 Å². The summed E-state index contributed by atoms with van der Waals surface area (Å²) in [6, 6.07) is 0. The number of methoxy groups -OCH3 is 1. The van der Waals surface area contributed by atoms with Crippen LogP contribution in [0.2, 0.25) is 0 Å². The third kappa shape index (κ3) is 3.29. The van der Waals surface area contributed by atoms with Gasteiger partial charge >= 0.3 is 0 Å². The molecule has 1 aliphatic carbocycles. The average molecular weight is 198 g/mol. The van der Waals surface area contributed by atoms with Crippen molar-refractivity contribution in [3.63, 3.8) is 0 Å². The van der Waals surface area contributed by atoms with Gasteiger partial charge in [-0.25, -0.2) is 0 Å². The summed E-state index contributed by atoms with van der Waals surface area (Å²) >= 11 is 0. The number of hydrogen-bond acceptors (Lipinski definition) is 2. The summed E-state index contributed by atoms with van der Waals surface area (Å²) in [6.45, 7) is 1.74. The molecule has 3 nitrogen and oxygen atoms in total. The molecule has 0 spiro atoms. The lowest BCUT2D eigenvalue weighted by Crippen LogP contribution is -2.32. The van der Waals surface area contributed by atoms with Gasteiger partial charge in [-0.05, 0) is 19.3 Å². The molecule has 0 unspecified atom stereocenters. The predicted molar refractivity (Wildman–Crippen MR) is 58.8 cm³/mol. The summed E-state index contributed by atoms with van der Waals surface area (Å²) in [5.41, 5.74) is 0. The number of ether oxygens (including phenoxy) is 1. The highest BCUT2D eigenvalue weighted by molar-refractivity contribution is 5.81. The Hall–Kier alpha value is -0.570. The monoisotopic (exact) mass is 198 g/mol. The third-order valence-electron chi connectivity index (χ3n) is 3.00. The van der Waals surface area contributed by atoms with E-state index in [1.165, 1.54) is 25.7 Å². The molecule has 0 bridgehead atoms. The van der Waals surface area contributed by atoms with Gasteiger partial charge in [0.05, 0.1) is 5.84 Å². The first-order valence-electron chi connectivity index (χ1n) is 5.54. The summed E-state index contributed by atoms with van der Waals surface area (Å²) in [4.78, 5) is 2.08. The van der Waals surface area contributed by atoms with Crippen molar-refractivity contribution in [2.24, 2.45) is 5.92 Å². The van der Waals surface area contributed by atoms with E-state index in [4.69, 9.17) is 10.1 Å². The van der Waals surface area contributed by atoms with E-state index in [0.717, 1.165) is 25.4 Å². The zero-order valence-corrected chi connectivity index (χ0v) is 9.38. The lowest BCUT2D eigenvalue weighted by Gasteiger charge is -2.23. The largest absolute Gasteiger partial charge is 0.385 e. The predicted octanol–water partition coefficient (Wildman–Crippen LogP) is 2.12. The van der Waals surface area contributed by atoms with Gasteiger partial charge in [0.15, 0.2) is 0 Å². The van der Waals surface area contributed by atoms with Crippen molar-refractivity contribution in [2.45, 2.75) is 32.1 Å². The standard InChI is InChI=1S/C11H22N2O/c1-13(8-5-9-14-2)11(12)10-6-3-4-7-10/h10,12H,3-9H2,1-2H3. The van der Waals surface area contributed by atoms with E-state index in [1.54, 1.807) is 7.11 Å². The molecule has 0 heterocycles. The molecule has 0 aliphatic heterocycles. The van der Waals surface area contributed by atoms with Crippen LogP contribution in [-0.4, -0.2) is 38.0 Å². The van der Waals surface area contributed by atoms with E-state index in [2.05, 4.69) is 4.90 Å². The molecule has 1 fully saturated rings. The van der Waals surface area contributed by atoms with Crippen LogP contribution in [0.3, 0.4) is 0 Å². The van der Waals surface area contributed by atoms with Gasteiger partial charge in [-0.15, -0.1) is 0 Å². The first-order chi connectivity index (χ1) is 6.75. The van der Waals surface area contributed by atoms with Crippen molar-refractivity contribution in [1.82, 2.24) is 4.90 Å². The zero-order chi connectivity index (χ0) is 10.4. The van der Waals surface area contributed by atoms with Crippen molar-refractivity contribution in [3.05, 3.63) is 0 Å².